The molecule has 0 heterocycles. The van der Waals surface area contributed by atoms with Crippen molar-refractivity contribution >= 4 is 5.97 Å². The Morgan fingerprint density at radius 2 is 1.69 bits per heavy atom. The monoisotopic (exact) mass is 178 g/mol. The van der Waals surface area contributed by atoms with Gasteiger partial charge >= 0.3 is 18.9 Å². The van der Waals surface area contributed by atoms with Gasteiger partial charge in [0.25, 0.3) is 0 Å². The molecule has 0 atom stereocenters. The van der Waals surface area contributed by atoms with Crippen molar-refractivity contribution in [2.45, 2.75) is 52.9 Å². The van der Waals surface area contributed by atoms with E-state index in [9.17, 15) is 9.90 Å². The van der Waals surface area contributed by atoms with Gasteiger partial charge in [0.15, 0.2) is 0 Å². The summed E-state index contributed by atoms with van der Waals surface area (Å²) in [5.41, 5.74) is 0.376. The van der Waals surface area contributed by atoms with Crippen molar-refractivity contribution in [3.8, 4) is 0 Å². The number of carboxylic acid groups (broad SMARTS) is 1. The number of carbonyl (C=O) groups excluding carboxylic acids is 1. The molecule has 2 nitrogen and oxygen atoms in total. The van der Waals surface area contributed by atoms with Crippen LogP contribution in [-0.4, -0.2) is 5.97 Å². The van der Waals surface area contributed by atoms with Gasteiger partial charge in [0.2, 0.25) is 0 Å². The van der Waals surface area contributed by atoms with E-state index >= 15 is 0 Å². The van der Waals surface area contributed by atoms with Gasteiger partial charge in [-0.1, -0.05) is 33.6 Å². The minimum absolute atomic E-state index is 0. The van der Waals surface area contributed by atoms with E-state index in [4.69, 9.17) is 0 Å². The van der Waals surface area contributed by atoms with E-state index in [1.807, 2.05) is 0 Å². The Hall–Kier alpha value is 0.0674. The third-order valence-corrected chi connectivity index (χ3v) is 1.81. The molecule has 0 rings (SSSR count). The van der Waals surface area contributed by atoms with Crippen LogP contribution in [0.2, 0.25) is 0 Å². The molecule has 72 valence electrons. The van der Waals surface area contributed by atoms with Crippen LogP contribution in [-0.2, 0) is 4.79 Å². The fourth-order valence-electron chi connectivity index (χ4n) is 1.10. The number of rotatable bonds is 5. The molecule has 0 aliphatic carbocycles. The van der Waals surface area contributed by atoms with Crippen LogP contribution in [0.5, 0.6) is 0 Å². The van der Waals surface area contributed by atoms with Crippen LogP contribution < -0.4 is 24.0 Å². The van der Waals surface area contributed by atoms with Crippen LogP contribution in [0.1, 0.15) is 52.9 Å². The van der Waals surface area contributed by atoms with E-state index in [0.29, 0.717) is 5.41 Å². The maximum atomic E-state index is 10.0. The van der Waals surface area contributed by atoms with E-state index in [1.54, 1.807) is 0 Å². The second kappa shape index (κ2) is 7.47. The number of carbonyl (C=O) groups is 1. The number of carboxylic acids is 1. The van der Waals surface area contributed by atoms with Crippen LogP contribution in [0.4, 0.5) is 0 Å². The first-order chi connectivity index (χ1) is 5.42. The molecule has 0 fully saturated rings. The van der Waals surface area contributed by atoms with E-state index in [1.165, 1.54) is 6.42 Å². The summed E-state index contributed by atoms with van der Waals surface area (Å²) >= 11 is 0. The van der Waals surface area contributed by atoms with Crippen molar-refractivity contribution in [1.82, 2.24) is 0 Å². The van der Waals surface area contributed by atoms with E-state index in [-0.39, 0.29) is 25.3 Å². The zero-order chi connectivity index (χ0) is 9.61. The Bertz CT molecular complexity index is 138. The van der Waals surface area contributed by atoms with Gasteiger partial charge in [0.1, 0.15) is 0 Å². The molecule has 3 heteroatoms. The molecule has 0 spiro atoms. The molecule has 0 bridgehead atoms. The summed E-state index contributed by atoms with van der Waals surface area (Å²) in [7, 11) is 0. The standard InChI is InChI=1S/C10H20O2.Li/c1-10(2,3)8-6-4-5-7-9(11)12;/h4-8H2,1-3H3,(H,11,12);/q;+1/p-1. The number of hydrogen-bond donors (Lipinski definition) is 0. The van der Waals surface area contributed by atoms with Gasteiger partial charge < -0.3 is 9.90 Å². The summed E-state index contributed by atoms with van der Waals surface area (Å²) in [5.74, 6) is -0.925. The molecule has 0 N–H and O–H groups in total. The van der Waals surface area contributed by atoms with Crippen LogP contribution in [0.3, 0.4) is 0 Å². The molecule has 0 saturated carbocycles. The largest absolute Gasteiger partial charge is 1.00 e. The predicted molar refractivity (Wildman–Crippen MR) is 47.5 cm³/mol. The van der Waals surface area contributed by atoms with Crippen LogP contribution >= 0.6 is 0 Å². The fraction of sp³-hybridized carbons (Fsp3) is 0.900. The van der Waals surface area contributed by atoms with E-state index in [2.05, 4.69) is 20.8 Å². The third kappa shape index (κ3) is 14.9. The molecule has 0 aliphatic rings. The molecule has 0 unspecified atom stereocenters. The number of hydrogen-bond acceptors (Lipinski definition) is 2. The molecule has 13 heavy (non-hydrogen) atoms. The van der Waals surface area contributed by atoms with Crippen LogP contribution in [0.15, 0.2) is 0 Å². The third-order valence-electron chi connectivity index (χ3n) is 1.81. The zero-order valence-corrected chi connectivity index (χ0v) is 9.35. The van der Waals surface area contributed by atoms with Crippen molar-refractivity contribution in [1.29, 1.82) is 0 Å². The van der Waals surface area contributed by atoms with Crippen molar-refractivity contribution < 1.29 is 28.8 Å². The van der Waals surface area contributed by atoms with Crippen molar-refractivity contribution in [2.75, 3.05) is 0 Å². The van der Waals surface area contributed by atoms with Gasteiger partial charge in [-0.25, -0.2) is 0 Å². The Kier molecular flexibility index (Phi) is 8.93. The summed E-state index contributed by atoms with van der Waals surface area (Å²) in [5, 5.41) is 10.0. The van der Waals surface area contributed by atoms with Gasteiger partial charge in [-0.2, -0.15) is 0 Å². The average Bonchev–Trinajstić information content (AvgIpc) is 1.83. The quantitative estimate of drug-likeness (QED) is 0.389. The first-order valence-corrected chi connectivity index (χ1v) is 4.62. The molecular weight excluding hydrogens is 159 g/mol. The Morgan fingerprint density at radius 1 is 1.15 bits per heavy atom. The van der Waals surface area contributed by atoms with E-state index < -0.39 is 5.97 Å². The van der Waals surface area contributed by atoms with Gasteiger partial charge in [-0.15, -0.1) is 0 Å². The fourth-order valence-corrected chi connectivity index (χ4v) is 1.10. The topological polar surface area (TPSA) is 40.1 Å². The van der Waals surface area contributed by atoms with Crippen LogP contribution in [0, 0.1) is 5.41 Å². The maximum Gasteiger partial charge on any atom is 1.00 e. The zero-order valence-electron chi connectivity index (χ0n) is 9.35. The molecule has 0 aromatic carbocycles. The first kappa shape index (κ1) is 15.5. The van der Waals surface area contributed by atoms with Gasteiger partial charge in [-0.3, -0.25) is 0 Å². The SMILES string of the molecule is CC(C)(C)CCCCCC(=O)[O-].[Li+]. The molecule has 0 aromatic rings. The maximum absolute atomic E-state index is 10.0. The molecule has 0 amide bonds. The van der Waals surface area contributed by atoms with Crippen LogP contribution in [0.25, 0.3) is 0 Å². The Balaban J connectivity index is 0. The molecule has 0 aromatic heterocycles. The van der Waals surface area contributed by atoms with Gasteiger partial charge in [-0.05, 0) is 24.7 Å². The van der Waals surface area contributed by atoms with Crippen molar-refractivity contribution in [3.05, 3.63) is 0 Å². The molecule has 0 saturated heterocycles. The normalized spacial score (nSPS) is 10.7. The number of aliphatic carboxylic acids is 1. The molecular formula is C10H19LiO2. The smallest absolute Gasteiger partial charge is 0.550 e. The van der Waals surface area contributed by atoms with E-state index in [0.717, 1.165) is 19.3 Å². The minimum Gasteiger partial charge on any atom is -0.550 e. The second-order valence-corrected chi connectivity index (χ2v) is 4.49. The summed E-state index contributed by atoms with van der Waals surface area (Å²) in [6, 6.07) is 0. The molecule has 0 radical (unpaired) electrons. The molecule has 0 aliphatic heterocycles. The van der Waals surface area contributed by atoms with Crippen molar-refractivity contribution in [2.24, 2.45) is 5.41 Å². The Morgan fingerprint density at radius 3 is 2.08 bits per heavy atom. The van der Waals surface area contributed by atoms with Gasteiger partial charge in [0, 0.05) is 5.97 Å². The van der Waals surface area contributed by atoms with Gasteiger partial charge in [0.05, 0.1) is 0 Å². The number of unbranched alkanes of at least 4 members (excludes halogenated alkanes) is 2. The summed E-state index contributed by atoms with van der Waals surface area (Å²) < 4.78 is 0. The summed E-state index contributed by atoms with van der Waals surface area (Å²) in [6.45, 7) is 6.60. The van der Waals surface area contributed by atoms with Crippen molar-refractivity contribution in [3.63, 3.8) is 0 Å². The summed E-state index contributed by atoms with van der Waals surface area (Å²) in [6.07, 6.45) is 4.27. The second-order valence-electron chi connectivity index (χ2n) is 4.49. The summed E-state index contributed by atoms with van der Waals surface area (Å²) in [4.78, 5) is 10.0. The average molecular weight is 178 g/mol. The predicted octanol–water partition coefficient (Wildman–Crippen LogP) is -1.26. The Labute approximate surface area is 93.3 Å². The first-order valence-electron chi connectivity index (χ1n) is 4.62. The minimum atomic E-state index is -0.925.